The zero-order chi connectivity index (χ0) is 17.5. The molecule has 0 bridgehead atoms. The van der Waals surface area contributed by atoms with Gasteiger partial charge in [-0.05, 0) is 44.8 Å². The molecule has 6 heteroatoms. The number of halogens is 1. The summed E-state index contributed by atoms with van der Waals surface area (Å²) < 4.78 is 2.07. The Balaban J connectivity index is 1.93. The number of aryl methyl sites for hydroxylation is 1. The van der Waals surface area contributed by atoms with Crippen LogP contribution in [0.15, 0.2) is 17.3 Å². The lowest BCUT2D eigenvalue weighted by Gasteiger charge is -2.23. The molecule has 0 amide bonds. The van der Waals surface area contributed by atoms with Crippen LogP contribution in [-0.4, -0.2) is 60.1 Å². The van der Waals surface area contributed by atoms with Gasteiger partial charge in [0.2, 0.25) is 0 Å². The Hall–Kier alpha value is -1.20. The molecule has 2 heterocycles. The van der Waals surface area contributed by atoms with Crippen molar-refractivity contribution in [2.24, 2.45) is 18.0 Å². The largest absolute Gasteiger partial charge is 0.357 e. The van der Waals surface area contributed by atoms with Gasteiger partial charge in [-0.15, -0.1) is 0 Å². The van der Waals surface area contributed by atoms with Crippen molar-refractivity contribution in [1.29, 1.82) is 0 Å². The second-order valence-electron chi connectivity index (χ2n) is 6.77. The van der Waals surface area contributed by atoms with Crippen molar-refractivity contribution in [2.45, 2.75) is 33.2 Å². The van der Waals surface area contributed by atoms with Gasteiger partial charge in [0.25, 0.3) is 0 Å². The van der Waals surface area contributed by atoms with Crippen molar-refractivity contribution in [1.82, 2.24) is 19.7 Å². The molecule has 1 N–H and O–H groups in total. The van der Waals surface area contributed by atoms with E-state index < -0.39 is 0 Å². The molecule has 1 aromatic rings. The molecule has 0 radical (unpaired) electrons. The fraction of sp³-hybridized carbons (Fsp3) is 0.722. The molecule has 0 spiro atoms. The highest BCUT2D eigenvalue weighted by Crippen LogP contribution is 2.17. The first kappa shape index (κ1) is 19.1. The first-order chi connectivity index (χ1) is 11.5. The molecule has 24 heavy (non-hydrogen) atoms. The van der Waals surface area contributed by atoms with Gasteiger partial charge in [-0.25, -0.2) is 0 Å². The number of aliphatic imine (C=N–C) groups is 1. The number of likely N-dealkylation sites (tertiary alicyclic amines) is 1. The number of hydrogen-bond donors (Lipinski definition) is 1. The quantitative estimate of drug-likeness (QED) is 0.604. The fourth-order valence-corrected chi connectivity index (χ4v) is 3.58. The van der Waals surface area contributed by atoms with E-state index in [-0.39, 0.29) is 0 Å². The molecule has 1 atom stereocenters. The van der Waals surface area contributed by atoms with Gasteiger partial charge in [0.15, 0.2) is 5.96 Å². The van der Waals surface area contributed by atoms with Gasteiger partial charge in [-0.3, -0.25) is 4.99 Å². The Labute approximate surface area is 151 Å². The van der Waals surface area contributed by atoms with Gasteiger partial charge in [0, 0.05) is 45.6 Å². The number of guanidine groups is 1. The van der Waals surface area contributed by atoms with Gasteiger partial charge in [0.05, 0.1) is 11.6 Å². The van der Waals surface area contributed by atoms with E-state index in [1.807, 2.05) is 19.3 Å². The smallest absolute Gasteiger partial charge is 0.194 e. The molecule has 1 aliphatic heterocycles. The van der Waals surface area contributed by atoms with E-state index in [9.17, 15) is 0 Å². The van der Waals surface area contributed by atoms with Crippen molar-refractivity contribution in [3.63, 3.8) is 0 Å². The summed E-state index contributed by atoms with van der Waals surface area (Å²) in [7, 11) is 4.11. The fourth-order valence-electron chi connectivity index (χ4n) is 3.31. The summed E-state index contributed by atoms with van der Waals surface area (Å²) in [5.74, 6) is 1.66. The molecule has 1 saturated heterocycles. The van der Waals surface area contributed by atoms with E-state index in [1.165, 1.54) is 38.2 Å². The summed E-state index contributed by atoms with van der Waals surface area (Å²) >= 11 is 6.09. The molecule has 0 saturated carbocycles. The van der Waals surface area contributed by atoms with Crippen LogP contribution in [-0.2, 0) is 13.6 Å². The third kappa shape index (κ3) is 5.42. The normalized spacial score (nSPS) is 19.0. The lowest BCUT2D eigenvalue weighted by molar-refractivity contribution is 0.326. The third-order valence-corrected chi connectivity index (χ3v) is 4.79. The second kappa shape index (κ2) is 9.33. The molecular weight excluding hydrogens is 322 g/mol. The molecule has 136 valence electrons. The van der Waals surface area contributed by atoms with Crippen LogP contribution in [0.1, 0.15) is 32.4 Å². The molecule has 1 aromatic heterocycles. The number of hydrogen-bond acceptors (Lipinski definition) is 2. The maximum absolute atomic E-state index is 6.09. The number of rotatable bonds is 7. The molecule has 1 aliphatic rings. The maximum Gasteiger partial charge on any atom is 0.194 e. The lowest BCUT2D eigenvalue weighted by atomic mass is 10.1. The highest BCUT2D eigenvalue weighted by atomic mass is 35.5. The van der Waals surface area contributed by atoms with Crippen LogP contribution >= 0.6 is 11.6 Å². The number of aromatic nitrogens is 1. The second-order valence-corrected chi connectivity index (χ2v) is 7.20. The maximum atomic E-state index is 6.09. The third-order valence-electron chi connectivity index (χ3n) is 4.58. The summed E-state index contributed by atoms with van der Waals surface area (Å²) in [5, 5.41) is 4.19. The molecule has 0 aliphatic carbocycles. The Morgan fingerprint density at radius 3 is 2.88 bits per heavy atom. The Morgan fingerprint density at radius 1 is 1.46 bits per heavy atom. The minimum Gasteiger partial charge on any atom is -0.357 e. The Morgan fingerprint density at radius 2 is 2.25 bits per heavy atom. The van der Waals surface area contributed by atoms with Crippen molar-refractivity contribution in [2.75, 3.05) is 39.8 Å². The standard InChI is InChI=1S/C18H32ClN5/c1-5-8-24-9-7-15(12-24)11-21-18(20-6-2)23(4)14-17-10-16(19)13-22(17)3/h10,13,15H,5-9,11-12,14H2,1-4H3,(H,20,21). The summed E-state index contributed by atoms with van der Waals surface area (Å²) in [6.45, 7) is 10.6. The predicted molar refractivity (Wildman–Crippen MR) is 103 cm³/mol. The topological polar surface area (TPSA) is 35.8 Å². The molecule has 5 nitrogen and oxygen atoms in total. The van der Waals surface area contributed by atoms with Crippen molar-refractivity contribution in [3.8, 4) is 0 Å². The summed E-state index contributed by atoms with van der Waals surface area (Å²) in [4.78, 5) is 9.62. The summed E-state index contributed by atoms with van der Waals surface area (Å²) in [6, 6.07) is 2.02. The van der Waals surface area contributed by atoms with Crippen LogP contribution < -0.4 is 5.32 Å². The monoisotopic (exact) mass is 353 g/mol. The molecule has 0 aromatic carbocycles. The van der Waals surface area contributed by atoms with Crippen LogP contribution in [0.4, 0.5) is 0 Å². The lowest BCUT2D eigenvalue weighted by Crippen LogP contribution is -2.39. The molecule has 1 unspecified atom stereocenters. The van der Waals surface area contributed by atoms with Gasteiger partial charge >= 0.3 is 0 Å². The van der Waals surface area contributed by atoms with Crippen LogP contribution in [0.5, 0.6) is 0 Å². The van der Waals surface area contributed by atoms with Crippen LogP contribution in [0, 0.1) is 5.92 Å². The predicted octanol–water partition coefficient (Wildman–Crippen LogP) is 2.81. The van der Waals surface area contributed by atoms with Crippen LogP contribution in [0.2, 0.25) is 5.02 Å². The van der Waals surface area contributed by atoms with Crippen LogP contribution in [0.3, 0.4) is 0 Å². The highest BCUT2D eigenvalue weighted by molar-refractivity contribution is 6.30. The van der Waals surface area contributed by atoms with Crippen LogP contribution in [0.25, 0.3) is 0 Å². The summed E-state index contributed by atoms with van der Waals surface area (Å²) in [6.07, 6.45) is 4.44. The number of nitrogens with one attached hydrogen (secondary N) is 1. The minimum atomic E-state index is 0.683. The van der Waals surface area contributed by atoms with Crippen molar-refractivity contribution >= 4 is 17.6 Å². The zero-order valence-electron chi connectivity index (χ0n) is 15.6. The van der Waals surface area contributed by atoms with E-state index in [4.69, 9.17) is 16.6 Å². The summed E-state index contributed by atoms with van der Waals surface area (Å²) in [5.41, 5.74) is 1.18. The van der Waals surface area contributed by atoms with E-state index in [2.05, 4.69) is 40.6 Å². The van der Waals surface area contributed by atoms with Gasteiger partial charge < -0.3 is 19.7 Å². The zero-order valence-corrected chi connectivity index (χ0v) is 16.3. The van der Waals surface area contributed by atoms with E-state index in [1.54, 1.807) is 0 Å². The van der Waals surface area contributed by atoms with Gasteiger partial charge in [-0.2, -0.15) is 0 Å². The van der Waals surface area contributed by atoms with E-state index >= 15 is 0 Å². The SMILES string of the molecule is CCCN1CCC(CN=C(NCC)N(C)Cc2cc(Cl)cn2C)C1. The first-order valence-corrected chi connectivity index (χ1v) is 9.43. The molecular formula is C18H32ClN5. The van der Waals surface area contributed by atoms with Crippen molar-refractivity contribution < 1.29 is 0 Å². The van der Waals surface area contributed by atoms with E-state index in [0.717, 1.165) is 30.6 Å². The molecule has 2 rings (SSSR count). The minimum absolute atomic E-state index is 0.683. The first-order valence-electron chi connectivity index (χ1n) is 9.06. The Bertz CT molecular complexity index is 540. The average Bonchev–Trinajstić information content (AvgIpc) is 3.10. The van der Waals surface area contributed by atoms with Gasteiger partial charge in [0.1, 0.15) is 0 Å². The highest BCUT2D eigenvalue weighted by Gasteiger charge is 2.21. The van der Waals surface area contributed by atoms with Gasteiger partial charge in [-0.1, -0.05) is 18.5 Å². The average molecular weight is 354 g/mol. The van der Waals surface area contributed by atoms with Crippen molar-refractivity contribution in [3.05, 3.63) is 23.0 Å². The number of nitrogens with zero attached hydrogens (tertiary/aromatic N) is 4. The molecule has 1 fully saturated rings. The Kier molecular flexibility index (Phi) is 7.43. The van der Waals surface area contributed by atoms with E-state index in [0.29, 0.717) is 5.92 Å².